The molecule has 1 radical (unpaired) electrons. The lowest BCUT2D eigenvalue weighted by atomic mass is 10.3. The van der Waals surface area contributed by atoms with Gasteiger partial charge in [0.2, 0.25) is 0 Å². The van der Waals surface area contributed by atoms with Gasteiger partial charge in [-0.2, -0.15) is 0 Å². The van der Waals surface area contributed by atoms with Gasteiger partial charge in [0.1, 0.15) is 17.1 Å². The number of likely N-dealkylation sites (N-methyl/N-ethyl adjacent to an activating group) is 1. The quantitative estimate of drug-likeness (QED) is 0.377. The Hall–Kier alpha value is -4.32. The Morgan fingerprint density at radius 3 is 1.89 bits per heavy atom. The molecule has 4 amide bonds. The summed E-state index contributed by atoms with van der Waals surface area (Å²) in [5, 5.41) is 8.32. The van der Waals surface area contributed by atoms with Crippen molar-refractivity contribution < 1.29 is 23.9 Å². The third-order valence-corrected chi connectivity index (χ3v) is 6.00. The number of carbonyl (C=O) groups is 4. The highest BCUT2D eigenvalue weighted by Gasteiger charge is 2.34. The number of amides is 4. The standard InChI is InChI=1S/C25H30N7O5/c1-6-7-26-22(33)18-8-15(11-29(18)2)27-23(34)19-9-16(12-30(19)3)28-24(35)20-10-17(13-31(20)4)32(5)25(36)21-14-37-21/h8-13,21H,1,6-7,14H2,2-5H3,(H,26,33)(H,27,34)(H,28,35). The summed E-state index contributed by atoms with van der Waals surface area (Å²) in [6, 6.07) is 4.76. The van der Waals surface area contributed by atoms with Crippen molar-refractivity contribution in [2.45, 2.75) is 12.5 Å². The largest absolute Gasteiger partial charge is 0.363 e. The lowest BCUT2D eigenvalue weighted by Gasteiger charge is -2.13. The van der Waals surface area contributed by atoms with Crippen LogP contribution >= 0.6 is 0 Å². The van der Waals surface area contributed by atoms with Crippen LogP contribution in [0.4, 0.5) is 17.1 Å². The van der Waals surface area contributed by atoms with Gasteiger partial charge in [0.05, 0.1) is 23.7 Å². The number of ether oxygens (including phenoxy) is 1. The molecule has 1 aliphatic rings. The van der Waals surface area contributed by atoms with Crippen LogP contribution in [0.25, 0.3) is 0 Å². The first kappa shape index (κ1) is 25.8. The Kier molecular flexibility index (Phi) is 7.21. The van der Waals surface area contributed by atoms with Gasteiger partial charge in [0.15, 0.2) is 6.10 Å². The normalized spacial score (nSPS) is 14.2. The van der Waals surface area contributed by atoms with E-state index in [0.29, 0.717) is 53.7 Å². The molecule has 1 fully saturated rings. The van der Waals surface area contributed by atoms with Crippen molar-refractivity contribution in [3.05, 3.63) is 60.8 Å². The molecule has 0 spiro atoms. The molecule has 4 heterocycles. The molecule has 3 N–H and O–H groups in total. The van der Waals surface area contributed by atoms with E-state index >= 15 is 0 Å². The molecule has 12 nitrogen and oxygen atoms in total. The van der Waals surface area contributed by atoms with E-state index in [1.54, 1.807) is 78.7 Å². The maximum atomic E-state index is 12.9. The molecule has 195 valence electrons. The second kappa shape index (κ2) is 10.3. The second-order valence-corrected chi connectivity index (χ2v) is 8.88. The fourth-order valence-electron chi connectivity index (χ4n) is 3.89. The predicted molar refractivity (Wildman–Crippen MR) is 138 cm³/mol. The molecule has 3 aromatic heterocycles. The van der Waals surface area contributed by atoms with Gasteiger partial charge < -0.3 is 39.3 Å². The number of aromatic nitrogens is 3. The van der Waals surface area contributed by atoms with E-state index in [4.69, 9.17) is 4.74 Å². The Labute approximate surface area is 214 Å². The minimum atomic E-state index is -0.422. The Morgan fingerprint density at radius 1 is 0.892 bits per heavy atom. The van der Waals surface area contributed by atoms with Gasteiger partial charge in [0.25, 0.3) is 23.6 Å². The summed E-state index contributed by atoms with van der Waals surface area (Å²) in [6.45, 7) is 4.56. The highest BCUT2D eigenvalue weighted by molar-refractivity contribution is 6.08. The van der Waals surface area contributed by atoms with Crippen molar-refractivity contribution in [3.63, 3.8) is 0 Å². The number of carbonyl (C=O) groups excluding carboxylic acids is 4. The maximum Gasteiger partial charge on any atom is 0.272 e. The maximum absolute atomic E-state index is 12.9. The fourth-order valence-corrected chi connectivity index (χ4v) is 3.89. The highest BCUT2D eigenvalue weighted by atomic mass is 16.6. The van der Waals surface area contributed by atoms with Crippen molar-refractivity contribution in [1.29, 1.82) is 0 Å². The number of nitrogens with one attached hydrogen (secondary N) is 3. The van der Waals surface area contributed by atoms with Gasteiger partial charge in [0, 0.05) is 53.3 Å². The van der Waals surface area contributed by atoms with Crippen LogP contribution in [0.3, 0.4) is 0 Å². The van der Waals surface area contributed by atoms with Crippen molar-refractivity contribution >= 4 is 40.7 Å². The first-order chi connectivity index (χ1) is 17.6. The van der Waals surface area contributed by atoms with Crippen LogP contribution in [0.15, 0.2) is 36.8 Å². The van der Waals surface area contributed by atoms with Crippen LogP contribution in [0.2, 0.25) is 0 Å². The van der Waals surface area contributed by atoms with Crippen molar-refractivity contribution in [2.24, 2.45) is 21.1 Å². The smallest absolute Gasteiger partial charge is 0.272 e. The summed E-state index contributed by atoms with van der Waals surface area (Å²) in [6.07, 6.45) is 5.11. The molecule has 3 aromatic rings. The van der Waals surface area contributed by atoms with Gasteiger partial charge >= 0.3 is 0 Å². The minimum absolute atomic E-state index is 0.166. The average molecular weight is 509 g/mol. The first-order valence-electron chi connectivity index (χ1n) is 11.7. The number of nitrogens with zero attached hydrogens (tertiary/aromatic N) is 4. The van der Waals surface area contributed by atoms with Crippen LogP contribution in [-0.2, 0) is 30.7 Å². The lowest BCUT2D eigenvalue weighted by molar-refractivity contribution is -0.119. The summed E-state index contributed by atoms with van der Waals surface area (Å²) in [4.78, 5) is 51.8. The average Bonchev–Trinajstić information content (AvgIpc) is 3.39. The number of epoxide rings is 1. The van der Waals surface area contributed by atoms with Crippen molar-refractivity contribution in [3.8, 4) is 0 Å². The number of anilines is 3. The Bertz CT molecular complexity index is 1360. The molecule has 0 bridgehead atoms. The number of rotatable bonds is 9. The molecule has 1 saturated heterocycles. The van der Waals surface area contributed by atoms with Crippen molar-refractivity contribution in [2.75, 3.05) is 35.7 Å². The zero-order chi connectivity index (χ0) is 26.9. The van der Waals surface area contributed by atoms with Crippen molar-refractivity contribution in [1.82, 2.24) is 19.0 Å². The molecule has 4 rings (SSSR count). The third kappa shape index (κ3) is 5.59. The molecule has 12 heteroatoms. The van der Waals surface area contributed by atoms with Gasteiger partial charge in [-0.1, -0.05) is 6.92 Å². The summed E-state index contributed by atoms with van der Waals surface area (Å²) < 4.78 is 9.89. The summed E-state index contributed by atoms with van der Waals surface area (Å²) >= 11 is 0. The van der Waals surface area contributed by atoms with E-state index in [-0.39, 0.29) is 11.8 Å². The van der Waals surface area contributed by atoms with Crippen LogP contribution in [0, 0.1) is 6.92 Å². The zero-order valence-corrected chi connectivity index (χ0v) is 21.2. The SMILES string of the molecule is [CH2]CCNC(=O)c1cc(NC(=O)c2cc(NC(=O)c3cc(N(C)C(=O)C4CO4)cn3C)cn2C)cn1C. The van der Waals surface area contributed by atoms with E-state index in [2.05, 4.69) is 22.9 Å². The van der Waals surface area contributed by atoms with E-state index < -0.39 is 17.9 Å². The fraction of sp³-hybridized carbons (Fsp3) is 0.320. The molecule has 1 atom stereocenters. The Balaban J connectivity index is 1.42. The van der Waals surface area contributed by atoms with Gasteiger partial charge in [-0.05, 0) is 24.6 Å². The van der Waals surface area contributed by atoms with E-state index in [9.17, 15) is 19.2 Å². The molecule has 37 heavy (non-hydrogen) atoms. The number of hydrogen-bond donors (Lipinski definition) is 3. The molecule has 0 aliphatic carbocycles. The third-order valence-electron chi connectivity index (χ3n) is 6.00. The minimum Gasteiger partial charge on any atom is -0.363 e. The topological polar surface area (TPSA) is 135 Å². The molecular weight excluding hydrogens is 478 g/mol. The van der Waals surface area contributed by atoms with E-state index in [1.807, 2.05) is 0 Å². The van der Waals surface area contributed by atoms with Crippen LogP contribution in [0.1, 0.15) is 37.9 Å². The number of hydrogen-bond acceptors (Lipinski definition) is 5. The van der Waals surface area contributed by atoms with Gasteiger partial charge in [-0.25, -0.2) is 0 Å². The molecule has 1 unspecified atom stereocenters. The second-order valence-electron chi connectivity index (χ2n) is 8.88. The van der Waals surface area contributed by atoms with Gasteiger partial charge in [-0.3, -0.25) is 19.2 Å². The lowest BCUT2D eigenvalue weighted by Crippen LogP contribution is -2.30. The van der Waals surface area contributed by atoms with Crippen LogP contribution in [0.5, 0.6) is 0 Å². The predicted octanol–water partition coefficient (Wildman–Crippen LogP) is 1.52. The highest BCUT2D eigenvalue weighted by Crippen LogP contribution is 2.23. The molecule has 0 saturated carbocycles. The number of aryl methyl sites for hydroxylation is 3. The molecule has 1 aliphatic heterocycles. The van der Waals surface area contributed by atoms with Gasteiger partial charge in [-0.15, -0.1) is 0 Å². The zero-order valence-electron chi connectivity index (χ0n) is 21.2. The van der Waals surface area contributed by atoms with E-state index in [0.717, 1.165) is 0 Å². The molecule has 0 aromatic carbocycles. The van der Waals surface area contributed by atoms with E-state index in [1.165, 1.54) is 4.90 Å². The molecular formula is C25H30N7O5. The monoisotopic (exact) mass is 508 g/mol. The summed E-state index contributed by atoms with van der Waals surface area (Å²) in [7, 11) is 6.75. The van der Waals surface area contributed by atoms with Crippen LogP contribution in [-0.4, -0.2) is 63.6 Å². The summed E-state index contributed by atoms with van der Waals surface area (Å²) in [5.41, 5.74) is 2.52. The van der Waals surface area contributed by atoms with Crippen LogP contribution < -0.4 is 20.9 Å². The Morgan fingerprint density at radius 2 is 1.38 bits per heavy atom. The first-order valence-corrected chi connectivity index (χ1v) is 11.7. The summed E-state index contributed by atoms with van der Waals surface area (Å²) in [5.74, 6) is -1.21.